The van der Waals surface area contributed by atoms with Crippen molar-refractivity contribution in [1.29, 1.82) is 0 Å². The maximum absolute atomic E-state index is 4.67. The molecule has 1 unspecified atom stereocenters. The molecule has 0 bridgehead atoms. The lowest BCUT2D eigenvalue weighted by atomic mass is 10.1. The van der Waals surface area contributed by atoms with Crippen LogP contribution in [0.4, 0.5) is 0 Å². The summed E-state index contributed by atoms with van der Waals surface area (Å²) in [6.45, 7) is 15.4. The second-order valence-electron chi connectivity index (χ2n) is 6.65. The van der Waals surface area contributed by atoms with Gasteiger partial charge in [-0.15, -0.1) is 0 Å². The van der Waals surface area contributed by atoms with Crippen molar-refractivity contribution in [2.45, 2.75) is 72.1 Å². The minimum atomic E-state index is 0.190. The van der Waals surface area contributed by atoms with Gasteiger partial charge in [0.05, 0.1) is 11.4 Å². The number of aromatic nitrogens is 2. The summed E-state index contributed by atoms with van der Waals surface area (Å²) in [6, 6.07) is 2.90. The Morgan fingerprint density at radius 1 is 1.40 bits per heavy atom. The summed E-state index contributed by atoms with van der Waals surface area (Å²) >= 11 is 0. The maximum atomic E-state index is 4.67. The monoisotopic (exact) mass is 278 g/mol. The molecule has 0 radical (unpaired) electrons. The molecule has 1 aliphatic heterocycles. The molecule has 0 saturated carbocycles. The molecule has 1 saturated heterocycles. The van der Waals surface area contributed by atoms with Crippen LogP contribution in [-0.2, 0) is 19.5 Å². The van der Waals surface area contributed by atoms with Crippen molar-refractivity contribution in [3.05, 3.63) is 17.5 Å². The van der Waals surface area contributed by atoms with E-state index < -0.39 is 0 Å². The third-order valence-corrected chi connectivity index (χ3v) is 4.33. The van der Waals surface area contributed by atoms with Crippen LogP contribution in [0.3, 0.4) is 0 Å². The average molecular weight is 278 g/mol. The fraction of sp³-hybridized carbons (Fsp3) is 0.812. The molecule has 20 heavy (non-hydrogen) atoms. The van der Waals surface area contributed by atoms with E-state index in [4.69, 9.17) is 0 Å². The largest absolute Gasteiger partial charge is 0.310 e. The van der Waals surface area contributed by atoms with Crippen LogP contribution < -0.4 is 5.32 Å². The molecular weight excluding hydrogens is 248 g/mol. The third kappa shape index (κ3) is 3.61. The zero-order valence-electron chi connectivity index (χ0n) is 13.7. The Morgan fingerprint density at radius 2 is 2.15 bits per heavy atom. The molecule has 2 rings (SSSR count). The average Bonchev–Trinajstić information content (AvgIpc) is 2.73. The summed E-state index contributed by atoms with van der Waals surface area (Å²) in [7, 11) is 0. The second-order valence-corrected chi connectivity index (χ2v) is 6.65. The van der Waals surface area contributed by atoms with Crippen LogP contribution in [0.25, 0.3) is 0 Å². The highest BCUT2D eigenvalue weighted by molar-refractivity contribution is 5.11. The van der Waals surface area contributed by atoms with Crippen LogP contribution in [0.2, 0.25) is 0 Å². The Balaban J connectivity index is 2.16. The van der Waals surface area contributed by atoms with Gasteiger partial charge in [-0.05, 0) is 53.1 Å². The Kier molecular flexibility index (Phi) is 4.86. The van der Waals surface area contributed by atoms with Gasteiger partial charge in [-0.25, -0.2) is 0 Å². The van der Waals surface area contributed by atoms with Gasteiger partial charge in [0.2, 0.25) is 0 Å². The fourth-order valence-electron chi connectivity index (χ4n) is 3.03. The summed E-state index contributed by atoms with van der Waals surface area (Å²) in [5, 5.41) is 8.32. The molecule has 2 heterocycles. The molecule has 1 fully saturated rings. The lowest BCUT2D eigenvalue weighted by Gasteiger charge is -2.32. The molecule has 4 nitrogen and oxygen atoms in total. The summed E-state index contributed by atoms with van der Waals surface area (Å²) in [6.07, 6.45) is 2.23. The molecule has 114 valence electrons. The Labute approximate surface area is 123 Å². The smallest absolute Gasteiger partial charge is 0.0625 e. The number of hydrogen-bond acceptors (Lipinski definition) is 3. The van der Waals surface area contributed by atoms with E-state index in [0.717, 1.165) is 32.6 Å². The maximum Gasteiger partial charge on any atom is 0.0625 e. The SMILES string of the molecule is CCc1cc(CN2CC(C)(C)NCCC2C)n(CC)n1. The van der Waals surface area contributed by atoms with Crippen molar-refractivity contribution in [1.82, 2.24) is 20.0 Å². The lowest BCUT2D eigenvalue weighted by molar-refractivity contribution is 0.168. The summed E-state index contributed by atoms with van der Waals surface area (Å²) < 4.78 is 2.16. The van der Waals surface area contributed by atoms with E-state index in [-0.39, 0.29) is 5.54 Å². The molecule has 0 spiro atoms. The van der Waals surface area contributed by atoms with Crippen molar-refractivity contribution < 1.29 is 0 Å². The molecule has 1 atom stereocenters. The van der Waals surface area contributed by atoms with E-state index in [2.05, 4.69) is 60.7 Å². The van der Waals surface area contributed by atoms with E-state index in [1.165, 1.54) is 17.8 Å². The van der Waals surface area contributed by atoms with Crippen LogP contribution in [0.15, 0.2) is 6.07 Å². The predicted molar refractivity (Wildman–Crippen MR) is 83.8 cm³/mol. The summed E-state index contributed by atoms with van der Waals surface area (Å²) in [4.78, 5) is 2.60. The first-order valence-corrected chi connectivity index (χ1v) is 8.00. The van der Waals surface area contributed by atoms with Crippen molar-refractivity contribution in [3.63, 3.8) is 0 Å². The van der Waals surface area contributed by atoms with Crippen LogP contribution >= 0.6 is 0 Å². The normalized spacial score (nSPS) is 23.8. The van der Waals surface area contributed by atoms with Gasteiger partial charge in [0, 0.05) is 31.2 Å². The van der Waals surface area contributed by atoms with E-state index >= 15 is 0 Å². The quantitative estimate of drug-likeness (QED) is 0.918. The number of nitrogens with one attached hydrogen (secondary N) is 1. The first-order valence-electron chi connectivity index (χ1n) is 8.00. The van der Waals surface area contributed by atoms with Gasteiger partial charge in [-0.1, -0.05) is 6.92 Å². The van der Waals surface area contributed by atoms with Gasteiger partial charge in [-0.3, -0.25) is 9.58 Å². The van der Waals surface area contributed by atoms with Gasteiger partial charge in [0.15, 0.2) is 0 Å². The predicted octanol–water partition coefficient (Wildman–Crippen LogP) is 2.43. The molecular formula is C16H30N4. The van der Waals surface area contributed by atoms with Crippen LogP contribution in [0, 0.1) is 0 Å². The van der Waals surface area contributed by atoms with E-state index in [0.29, 0.717) is 6.04 Å². The third-order valence-electron chi connectivity index (χ3n) is 4.33. The van der Waals surface area contributed by atoms with Crippen LogP contribution in [0.1, 0.15) is 52.4 Å². The highest BCUT2D eigenvalue weighted by Gasteiger charge is 2.28. The summed E-state index contributed by atoms with van der Waals surface area (Å²) in [5.41, 5.74) is 2.76. The van der Waals surface area contributed by atoms with Gasteiger partial charge in [0.25, 0.3) is 0 Å². The van der Waals surface area contributed by atoms with E-state index in [1.807, 2.05) is 0 Å². The van der Waals surface area contributed by atoms with Gasteiger partial charge < -0.3 is 5.32 Å². The van der Waals surface area contributed by atoms with Crippen molar-refractivity contribution in [2.75, 3.05) is 13.1 Å². The highest BCUT2D eigenvalue weighted by Crippen LogP contribution is 2.19. The molecule has 1 aliphatic rings. The fourth-order valence-corrected chi connectivity index (χ4v) is 3.03. The standard InChI is InChI=1S/C16H30N4/c1-6-14-10-15(20(7-2)18-14)11-19-12-16(4,5)17-9-8-13(19)3/h10,13,17H,6-9,11-12H2,1-5H3. The Morgan fingerprint density at radius 3 is 2.80 bits per heavy atom. The molecule has 1 N–H and O–H groups in total. The molecule has 0 amide bonds. The minimum Gasteiger partial charge on any atom is -0.310 e. The Hall–Kier alpha value is -0.870. The number of hydrogen-bond donors (Lipinski definition) is 1. The molecule has 1 aromatic heterocycles. The van der Waals surface area contributed by atoms with Gasteiger partial charge in [-0.2, -0.15) is 5.10 Å². The topological polar surface area (TPSA) is 33.1 Å². The zero-order valence-corrected chi connectivity index (χ0v) is 13.7. The van der Waals surface area contributed by atoms with Crippen LogP contribution in [-0.4, -0.2) is 39.4 Å². The Bertz CT molecular complexity index is 436. The zero-order chi connectivity index (χ0) is 14.8. The lowest BCUT2D eigenvalue weighted by Crippen LogP contribution is -2.47. The highest BCUT2D eigenvalue weighted by atomic mass is 15.3. The number of nitrogens with zero attached hydrogens (tertiary/aromatic N) is 3. The minimum absolute atomic E-state index is 0.190. The summed E-state index contributed by atoms with van der Waals surface area (Å²) in [5.74, 6) is 0. The van der Waals surface area contributed by atoms with E-state index in [9.17, 15) is 0 Å². The number of aryl methyl sites for hydroxylation is 2. The van der Waals surface area contributed by atoms with Crippen molar-refractivity contribution in [3.8, 4) is 0 Å². The first-order chi connectivity index (χ1) is 9.45. The molecule has 0 aromatic carbocycles. The van der Waals surface area contributed by atoms with Gasteiger partial charge in [0.1, 0.15) is 0 Å². The number of rotatable bonds is 4. The second kappa shape index (κ2) is 6.27. The molecule has 1 aromatic rings. The molecule has 4 heteroatoms. The van der Waals surface area contributed by atoms with Crippen molar-refractivity contribution >= 4 is 0 Å². The van der Waals surface area contributed by atoms with E-state index in [1.54, 1.807) is 0 Å². The molecule has 0 aliphatic carbocycles. The van der Waals surface area contributed by atoms with Crippen molar-refractivity contribution in [2.24, 2.45) is 0 Å². The first kappa shape index (κ1) is 15.5. The van der Waals surface area contributed by atoms with Gasteiger partial charge >= 0.3 is 0 Å². The van der Waals surface area contributed by atoms with Crippen LogP contribution in [0.5, 0.6) is 0 Å².